The largest absolute Gasteiger partial charge is 0.372 e. The van der Waals surface area contributed by atoms with Crippen LogP contribution in [0.5, 0.6) is 0 Å². The van der Waals surface area contributed by atoms with Crippen LogP contribution >= 0.6 is 11.3 Å². The van der Waals surface area contributed by atoms with Gasteiger partial charge in [-0.2, -0.15) is 0 Å². The Bertz CT molecular complexity index is 462. The Morgan fingerprint density at radius 1 is 1.39 bits per heavy atom. The average Bonchev–Trinajstić information content (AvgIpc) is 2.94. The second-order valence-corrected chi connectivity index (χ2v) is 5.95. The molecule has 0 aliphatic carbocycles. The molecule has 3 nitrogen and oxygen atoms in total. The summed E-state index contributed by atoms with van der Waals surface area (Å²) in [6, 6.07) is 2.19. The number of ether oxygens (including phenoxy) is 1. The molecule has 1 aromatic heterocycles. The SMILES string of the molecule is NCC#Cc1csc(CN2CC3CCC(C2)O3)c1. The molecule has 1 aromatic rings. The normalized spacial score (nSPS) is 26.9. The maximum atomic E-state index is 5.85. The summed E-state index contributed by atoms with van der Waals surface area (Å²) in [5, 5.41) is 2.12. The molecular formula is C14H18N2OS. The Kier molecular flexibility index (Phi) is 3.67. The first-order valence-electron chi connectivity index (χ1n) is 6.47. The molecule has 96 valence electrons. The van der Waals surface area contributed by atoms with Crippen LogP contribution in [0.15, 0.2) is 11.4 Å². The third kappa shape index (κ3) is 2.76. The summed E-state index contributed by atoms with van der Waals surface area (Å²) in [4.78, 5) is 3.90. The van der Waals surface area contributed by atoms with Crippen LogP contribution in [0.2, 0.25) is 0 Å². The molecule has 2 bridgehead atoms. The fourth-order valence-corrected chi connectivity index (χ4v) is 3.59. The highest BCUT2D eigenvalue weighted by Gasteiger charge is 2.33. The van der Waals surface area contributed by atoms with Gasteiger partial charge in [0, 0.05) is 35.5 Å². The molecule has 2 unspecified atom stereocenters. The van der Waals surface area contributed by atoms with Crippen molar-refractivity contribution in [3.05, 3.63) is 21.9 Å². The number of likely N-dealkylation sites (tertiary alicyclic amines) is 1. The summed E-state index contributed by atoms with van der Waals surface area (Å²) >= 11 is 1.79. The van der Waals surface area contributed by atoms with E-state index in [-0.39, 0.29) is 0 Å². The molecule has 0 spiro atoms. The van der Waals surface area contributed by atoms with Gasteiger partial charge in [0.1, 0.15) is 0 Å². The average molecular weight is 262 g/mol. The Balaban J connectivity index is 1.61. The van der Waals surface area contributed by atoms with Crippen LogP contribution in [-0.2, 0) is 11.3 Å². The number of hydrogen-bond donors (Lipinski definition) is 1. The van der Waals surface area contributed by atoms with Crippen LogP contribution < -0.4 is 5.73 Å². The topological polar surface area (TPSA) is 38.5 Å². The molecule has 2 aliphatic rings. The van der Waals surface area contributed by atoms with Gasteiger partial charge in [0.25, 0.3) is 0 Å². The van der Waals surface area contributed by atoms with E-state index in [9.17, 15) is 0 Å². The van der Waals surface area contributed by atoms with Crippen molar-refractivity contribution in [1.82, 2.24) is 4.90 Å². The van der Waals surface area contributed by atoms with Crippen molar-refractivity contribution < 1.29 is 4.74 Å². The molecule has 18 heavy (non-hydrogen) atoms. The van der Waals surface area contributed by atoms with Crippen LogP contribution in [0.25, 0.3) is 0 Å². The monoisotopic (exact) mass is 262 g/mol. The summed E-state index contributed by atoms with van der Waals surface area (Å²) < 4.78 is 5.85. The zero-order valence-electron chi connectivity index (χ0n) is 10.4. The number of nitrogens with zero attached hydrogens (tertiary/aromatic N) is 1. The number of thiophene rings is 1. The van der Waals surface area contributed by atoms with Gasteiger partial charge in [-0.05, 0) is 18.9 Å². The lowest BCUT2D eigenvalue weighted by atomic mass is 10.2. The summed E-state index contributed by atoms with van der Waals surface area (Å²) in [5.74, 6) is 5.98. The Labute approximate surface area is 112 Å². The van der Waals surface area contributed by atoms with Gasteiger partial charge >= 0.3 is 0 Å². The van der Waals surface area contributed by atoms with Crippen LogP contribution in [0.1, 0.15) is 23.3 Å². The Morgan fingerprint density at radius 2 is 2.17 bits per heavy atom. The van der Waals surface area contributed by atoms with Crippen LogP contribution in [0.4, 0.5) is 0 Å². The van der Waals surface area contributed by atoms with Crippen molar-refractivity contribution in [3.63, 3.8) is 0 Å². The van der Waals surface area contributed by atoms with E-state index in [0.29, 0.717) is 18.8 Å². The first kappa shape index (κ1) is 12.2. The minimum atomic E-state index is 0.429. The summed E-state index contributed by atoms with van der Waals surface area (Å²) in [5.41, 5.74) is 6.47. The van der Waals surface area contributed by atoms with E-state index < -0.39 is 0 Å². The van der Waals surface area contributed by atoms with Crippen LogP contribution in [-0.4, -0.2) is 36.7 Å². The fraction of sp³-hybridized carbons (Fsp3) is 0.571. The molecule has 0 amide bonds. The van der Waals surface area contributed by atoms with Gasteiger partial charge in [0.05, 0.1) is 18.8 Å². The first-order chi connectivity index (χ1) is 8.83. The van der Waals surface area contributed by atoms with E-state index in [2.05, 4.69) is 28.2 Å². The number of hydrogen-bond acceptors (Lipinski definition) is 4. The molecule has 0 radical (unpaired) electrons. The second-order valence-electron chi connectivity index (χ2n) is 4.96. The summed E-state index contributed by atoms with van der Waals surface area (Å²) in [6.45, 7) is 3.62. The third-order valence-corrected chi connectivity index (χ3v) is 4.41. The summed E-state index contributed by atoms with van der Waals surface area (Å²) in [6.07, 6.45) is 3.41. The maximum Gasteiger partial charge on any atom is 0.0707 e. The number of nitrogens with two attached hydrogens (primary N) is 1. The van der Waals surface area contributed by atoms with E-state index in [1.165, 1.54) is 17.7 Å². The van der Waals surface area contributed by atoms with Gasteiger partial charge in [-0.1, -0.05) is 11.8 Å². The van der Waals surface area contributed by atoms with Gasteiger partial charge in [0.15, 0.2) is 0 Å². The van der Waals surface area contributed by atoms with Gasteiger partial charge in [0.2, 0.25) is 0 Å². The van der Waals surface area contributed by atoms with Crippen LogP contribution in [0.3, 0.4) is 0 Å². The number of rotatable bonds is 2. The van der Waals surface area contributed by atoms with E-state index in [0.717, 1.165) is 25.2 Å². The van der Waals surface area contributed by atoms with Gasteiger partial charge < -0.3 is 10.5 Å². The second kappa shape index (κ2) is 5.41. The minimum absolute atomic E-state index is 0.429. The molecule has 0 aromatic carbocycles. The highest BCUT2D eigenvalue weighted by Crippen LogP contribution is 2.28. The highest BCUT2D eigenvalue weighted by molar-refractivity contribution is 7.10. The number of fused-ring (bicyclic) bond motifs is 2. The zero-order chi connectivity index (χ0) is 12.4. The Hall–Kier alpha value is -0.860. The van der Waals surface area contributed by atoms with Crippen molar-refractivity contribution in [3.8, 4) is 11.8 Å². The van der Waals surface area contributed by atoms with Crippen molar-refractivity contribution >= 4 is 11.3 Å². The highest BCUT2D eigenvalue weighted by atomic mass is 32.1. The third-order valence-electron chi connectivity index (χ3n) is 3.49. The fourth-order valence-electron chi connectivity index (χ4n) is 2.73. The molecule has 0 saturated carbocycles. The maximum absolute atomic E-state index is 5.85. The smallest absolute Gasteiger partial charge is 0.0707 e. The molecular weight excluding hydrogens is 244 g/mol. The van der Waals surface area contributed by atoms with Gasteiger partial charge in [-0.15, -0.1) is 11.3 Å². The molecule has 2 fully saturated rings. The summed E-state index contributed by atoms with van der Waals surface area (Å²) in [7, 11) is 0. The lowest BCUT2D eigenvalue weighted by molar-refractivity contribution is -0.0407. The molecule has 3 heterocycles. The lowest BCUT2D eigenvalue weighted by Crippen LogP contribution is -2.41. The van der Waals surface area contributed by atoms with Crippen molar-refractivity contribution in [1.29, 1.82) is 0 Å². The van der Waals surface area contributed by atoms with E-state index in [1.807, 2.05) is 0 Å². The minimum Gasteiger partial charge on any atom is -0.372 e. The van der Waals surface area contributed by atoms with Crippen LogP contribution in [0, 0.1) is 11.8 Å². The predicted octanol–water partition coefficient (Wildman–Crippen LogP) is 1.42. The molecule has 2 atom stereocenters. The van der Waals surface area contributed by atoms with E-state index in [4.69, 9.17) is 10.5 Å². The van der Waals surface area contributed by atoms with Crippen molar-refractivity contribution in [2.24, 2.45) is 5.73 Å². The van der Waals surface area contributed by atoms with Crippen molar-refractivity contribution in [2.75, 3.05) is 19.6 Å². The van der Waals surface area contributed by atoms with Gasteiger partial charge in [-0.3, -0.25) is 4.90 Å². The molecule has 3 rings (SSSR count). The Morgan fingerprint density at radius 3 is 2.89 bits per heavy atom. The molecule has 4 heteroatoms. The lowest BCUT2D eigenvalue weighted by Gasteiger charge is -2.31. The predicted molar refractivity (Wildman–Crippen MR) is 73.4 cm³/mol. The first-order valence-corrected chi connectivity index (χ1v) is 7.35. The molecule has 2 N–H and O–H groups in total. The molecule has 2 aliphatic heterocycles. The quantitative estimate of drug-likeness (QED) is 0.819. The number of morpholine rings is 1. The molecule has 2 saturated heterocycles. The zero-order valence-corrected chi connectivity index (χ0v) is 11.2. The van der Waals surface area contributed by atoms with E-state index in [1.54, 1.807) is 11.3 Å². The van der Waals surface area contributed by atoms with E-state index >= 15 is 0 Å². The van der Waals surface area contributed by atoms with Crippen molar-refractivity contribution in [2.45, 2.75) is 31.6 Å². The standard InChI is InChI=1S/C14H18N2OS/c15-5-1-2-11-6-14(18-10-11)9-16-7-12-3-4-13(8-16)17-12/h6,10,12-13H,3-5,7-9,15H2. The van der Waals surface area contributed by atoms with Gasteiger partial charge in [-0.25, -0.2) is 0 Å².